The molecule has 0 spiro atoms. The monoisotopic (exact) mass is 487 g/mol. The molecule has 1 saturated carbocycles. The molecule has 31 heavy (non-hydrogen) atoms. The van der Waals surface area contributed by atoms with E-state index in [0.717, 1.165) is 32.2 Å². The molecular formula is C24H30BrN3O3. The van der Waals surface area contributed by atoms with Gasteiger partial charge >= 0.3 is 0 Å². The normalized spacial score (nSPS) is 14.5. The van der Waals surface area contributed by atoms with Crippen molar-refractivity contribution >= 4 is 32.7 Å². The van der Waals surface area contributed by atoms with Crippen molar-refractivity contribution in [3.63, 3.8) is 0 Å². The number of hydrogen-bond donors (Lipinski definition) is 2. The Morgan fingerprint density at radius 1 is 1.13 bits per heavy atom. The van der Waals surface area contributed by atoms with E-state index in [0.29, 0.717) is 17.2 Å². The van der Waals surface area contributed by atoms with Crippen LogP contribution in [0.5, 0.6) is 0 Å². The van der Waals surface area contributed by atoms with Crippen LogP contribution in [0.4, 0.5) is 0 Å². The molecule has 1 aliphatic carbocycles. The van der Waals surface area contributed by atoms with E-state index in [1.807, 2.05) is 26.0 Å². The van der Waals surface area contributed by atoms with Crippen molar-refractivity contribution in [1.29, 1.82) is 0 Å². The Bertz CT molecular complexity index is 1170. The second kappa shape index (κ2) is 9.40. The highest BCUT2D eigenvalue weighted by Gasteiger charge is 2.22. The average Bonchev–Trinajstić information content (AvgIpc) is 3.03. The van der Waals surface area contributed by atoms with Crippen molar-refractivity contribution in [2.24, 2.45) is 0 Å². The summed E-state index contributed by atoms with van der Waals surface area (Å²) < 4.78 is 3.25. The molecule has 1 aliphatic rings. The van der Waals surface area contributed by atoms with E-state index in [1.165, 1.54) is 32.1 Å². The topological polar surface area (TPSA) is 98.4 Å². The molecule has 3 aromatic rings. The number of aromatic amines is 1. The van der Waals surface area contributed by atoms with Crippen molar-refractivity contribution in [3.05, 3.63) is 67.2 Å². The third-order valence-corrected chi connectivity index (χ3v) is 6.68. The van der Waals surface area contributed by atoms with Crippen LogP contribution in [0.15, 0.2) is 33.7 Å². The fourth-order valence-corrected chi connectivity index (χ4v) is 5.20. The molecular weight excluding hydrogens is 458 g/mol. The van der Waals surface area contributed by atoms with Gasteiger partial charge in [0.25, 0.3) is 11.5 Å². The first kappa shape index (κ1) is 23.3. The zero-order valence-electron chi connectivity index (χ0n) is 18.3. The van der Waals surface area contributed by atoms with Gasteiger partial charge in [0.15, 0.2) is 0 Å². The minimum atomic E-state index is -0.162. The lowest BCUT2D eigenvalue weighted by atomic mass is 9.95. The van der Waals surface area contributed by atoms with Gasteiger partial charge in [0.05, 0.1) is 11.1 Å². The van der Waals surface area contributed by atoms with Crippen LogP contribution in [0.3, 0.4) is 0 Å². The van der Waals surface area contributed by atoms with Gasteiger partial charge in [-0.15, -0.1) is 0 Å². The second-order valence-electron chi connectivity index (χ2n) is 8.48. The lowest BCUT2D eigenvalue weighted by Crippen LogP contribution is -2.28. The van der Waals surface area contributed by atoms with E-state index in [4.69, 9.17) is 0 Å². The third-order valence-electron chi connectivity index (χ3n) is 6.22. The van der Waals surface area contributed by atoms with Crippen molar-refractivity contribution in [2.75, 3.05) is 0 Å². The van der Waals surface area contributed by atoms with Crippen LogP contribution >= 0.6 is 15.9 Å². The van der Waals surface area contributed by atoms with Crippen molar-refractivity contribution < 1.29 is 10.3 Å². The number of nitrogens with one attached hydrogen (secondary N) is 2. The molecule has 1 fully saturated rings. The first-order valence-electron chi connectivity index (χ1n) is 10.6. The number of pyridine rings is 1. The quantitative estimate of drug-likeness (QED) is 0.560. The Hall–Kier alpha value is -2.38. The Morgan fingerprint density at radius 2 is 1.84 bits per heavy atom. The number of H-pyrrole nitrogens is 1. The maximum atomic E-state index is 13.2. The van der Waals surface area contributed by atoms with Crippen LogP contribution < -0.4 is 10.9 Å². The number of aromatic nitrogens is 2. The highest BCUT2D eigenvalue weighted by molar-refractivity contribution is 9.10. The number of amides is 1. The van der Waals surface area contributed by atoms with E-state index in [1.54, 1.807) is 0 Å². The van der Waals surface area contributed by atoms with E-state index in [9.17, 15) is 9.59 Å². The summed E-state index contributed by atoms with van der Waals surface area (Å²) in [6.45, 7) is 6.03. The predicted molar refractivity (Wildman–Crippen MR) is 128 cm³/mol. The van der Waals surface area contributed by atoms with Crippen molar-refractivity contribution in [2.45, 2.75) is 65.5 Å². The van der Waals surface area contributed by atoms with Crippen LogP contribution in [0.1, 0.15) is 70.9 Å². The molecule has 2 aromatic heterocycles. The van der Waals surface area contributed by atoms with Gasteiger partial charge in [-0.2, -0.15) is 0 Å². The number of halogens is 1. The summed E-state index contributed by atoms with van der Waals surface area (Å²) in [5.41, 5.74) is 5.01. The first-order valence-corrected chi connectivity index (χ1v) is 11.4. The fourth-order valence-electron chi connectivity index (χ4n) is 4.76. The Labute approximate surface area is 190 Å². The summed E-state index contributed by atoms with van der Waals surface area (Å²) in [6, 6.07) is 6.41. The number of rotatable bonds is 4. The standard InChI is InChI=1S/C24H28BrN3O2.H2O/c1-14-9-16(3)27-24(30)20(14)12-26-23(29)19-10-17(25)11-21-22(19)15(2)13-28(21)18-7-5-4-6-8-18;/h9-11,13,18H,4-8,12H2,1-3H3,(H,26,29)(H,27,30);1H2. The lowest BCUT2D eigenvalue weighted by molar-refractivity contribution is 0.0952. The number of fused-ring (bicyclic) bond motifs is 1. The molecule has 1 aromatic carbocycles. The zero-order chi connectivity index (χ0) is 21.4. The molecule has 0 bridgehead atoms. The highest BCUT2D eigenvalue weighted by Crippen LogP contribution is 2.35. The van der Waals surface area contributed by atoms with Crippen LogP contribution in [0.2, 0.25) is 0 Å². The number of carbonyl (C=O) groups excluding carboxylic acids is 1. The number of benzene rings is 1. The fraction of sp³-hybridized carbons (Fsp3) is 0.417. The molecule has 0 atom stereocenters. The maximum Gasteiger partial charge on any atom is 0.253 e. The molecule has 0 saturated heterocycles. The summed E-state index contributed by atoms with van der Waals surface area (Å²) in [7, 11) is 0. The van der Waals surface area contributed by atoms with Crippen LogP contribution in [-0.4, -0.2) is 20.9 Å². The number of carbonyl (C=O) groups is 1. The van der Waals surface area contributed by atoms with Gasteiger partial charge in [-0.25, -0.2) is 0 Å². The summed E-state index contributed by atoms with van der Waals surface area (Å²) in [5.74, 6) is -0.162. The van der Waals surface area contributed by atoms with Crippen molar-refractivity contribution in [3.8, 4) is 0 Å². The zero-order valence-corrected chi connectivity index (χ0v) is 19.9. The SMILES string of the molecule is Cc1cc(C)c(CNC(=O)c2cc(Br)cc3c2c(C)cn3C2CCCCC2)c(=O)[nH]1.O. The molecule has 4 rings (SSSR count). The predicted octanol–water partition coefficient (Wildman–Crippen LogP) is 4.63. The smallest absolute Gasteiger partial charge is 0.253 e. The second-order valence-corrected chi connectivity index (χ2v) is 9.40. The van der Waals surface area contributed by atoms with E-state index in [-0.39, 0.29) is 23.5 Å². The maximum absolute atomic E-state index is 13.2. The summed E-state index contributed by atoms with van der Waals surface area (Å²) in [4.78, 5) is 28.3. The minimum Gasteiger partial charge on any atom is -0.412 e. The number of hydrogen-bond acceptors (Lipinski definition) is 2. The molecule has 7 heteroatoms. The molecule has 0 unspecified atom stereocenters. The highest BCUT2D eigenvalue weighted by atomic mass is 79.9. The Kier molecular flexibility index (Phi) is 7.06. The minimum absolute atomic E-state index is 0. The van der Waals surface area contributed by atoms with Gasteiger partial charge in [0, 0.05) is 39.9 Å². The first-order chi connectivity index (χ1) is 14.3. The van der Waals surface area contributed by atoms with E-state index >= 15 is 0 Å². The molecule has 166 valence electrons. The van der Waals surface area contributed by atoms with E-state index < -0.39 is 0 Å². The van der Waals surface area contributed by atoms with E-state index in [2.05, 4.69) is 50.0 Å². The number of nitrogens with zero attached hydrogens (tertiary/aromatic N) is 1. The largest absolute Gasteiger partial charge is 0.412 e. The summed E-state index contributed by atoms with van der Waals surface area (Å²) >= 11 is 3.60. The van der Waals surface area contributed by atoms with Gasteiger partial charge in [-0.1, -0.05) is 35.2 Å². The summed E-state index contributed by atoms with van der Waals surface area (Å²) in [5, 5.41) is 3.96. The van der Waals surface area contributed by atoms with Gasteiger partial charge < -0.3 is 20.3 Å². The number of aryl methyl sites for hydroxylation is 3. The molecule has 1 amide bonds. The van der Waals surface area contributed by atoms with Gasteiger partial charge in [0.1, 0.15) is 0 Å². The van der Waals surface area contributed by atoms with Crippen LogP contribution in [-0.2, 0) is 6.54 Å². The molecule has 2 heterocycles. The third kappa shape index (κ3) is 4.62. The van der Waals surface area contributed by atoms with Crippen molar-refractivity contribution in [1.82, 2.24) is 14.9 Å². The molecule has 0 radical (unpaired) electrons. The lowest BCUT2D eigenvalue weighted by Gasteiger charge is -2.24. The van der Waals surface area contributed by atoms with Gasteiger partial charge in [-0.05, 0) is 62.9 Å². The van der Waals surface area contributed by atoms with Gasteiger partial charge in [-0.3, -0.25) is 9.59 Å². The molecule has 6 nitrogen and oxygen atoms in total. The Morgan fingerprint density at radius 3 is 2.52 bits per heavy atom. The molecule has 4 N–H and O–H groups in total. The average molecular weight is 488 g/mol. The van der Waals surface area contributed by atoms with Crippen LogP contribution in [0.25, 0.3) is 10.9 Å². The Balaban J connectivity index is 0.00000272. The van der Waals surface area contributed by atoms with Crippen LogP contribution in [0, 0.1) is 20.8 Å². The van der Waals surface area contributed by atoms with Gasteiger partial charge in [0.2, 0.25) is 0 Å². The summed E-state index contributed by atoms with van der Waals surface area (Å²) in [6.07, 6.45) is 8.39. The molecule has 0 aliphatic heterocycles.